The second-order valence-electron chi connectivity index (χ2n) is 13.6. The van der Waals surface area contributed by atoms with E-state index in [0.29, 0.717) is 0 Å². The van der Waals surface area contributed by atoms with Crippen LogP contribution in [-0.2, 0) is 0 Å². The molecule has 10 aromatic carbocycles. The van der Waals surface area contributed by atoms with Crippen LogP contribution in [-0.4, -0.2) is 0 Å². The molecule has 12 rings (SSSR count). The van der Waals surface area contributed by atoms with E-state index < -0.39 is 0 Å². The number of benzene rings is 10. The van der Waals surface area contributed by atoms with E-state index in [4.69, 9.17) is 4.42 Å². The molecule has 50 heavy (non-hydrogen) atoms. The Morgan fingerprint density at radius 1 is 0.340 bits per heavy atom. The predicted octanol–water partition coefficient (Wildman–Crippen LogP) is 14.5. The molecule has 2 heterocycles. The van der Waals surface area contributed by atoms with E-state index in [-0.39, 0.29) is 0 Å². The minimum absolute atomic E-state index is 0.934. The van der Waals surface area contributed by atoms with Crippen molar-refractivity contribution in [3.05, 3.63) is 158 Å². The first-order valence-electron chi connectivity index (χ1n) is 17.2. The highest BCUT2D eigenvalue weighted by Crippen LogP contribution is 2.48. The van der Waals surface area contributed by atoms with Gasteiger partial charge in [-0.05, 0) is 89.4 Å². The minimum atomic E-state index is 0.934. The third-order valence-corrected chi connectivity index (χ3v) is 12.2. The Kier molecular flexibility index (Phi) is 5.18. The van der Waals surface area contributed by atoms with E-state index >= 15 is 0 Å². The molecule has 0 N–H and O–H groups in total. The van der Waals surface area contributed by atoms with Crippen LogP contribution >= 0.6 is 11.3 Å². The molecule has 0 amide bonds. The normalized spacial score (nSPS) is 12.4. The lowest BCUT2D eigenvalue weighted by Crippen LogP contribution is -1.89. The average Bonchev–Trinajstić information content (AvgIpc) is 3.76. The first-order chi connectivity index (χ1) is 24.8. The van der Waals surface area contributed by atoms with Crippen LogP contribution in [0.4, 0.5) is 0 Å². The molecule has 0 spiro atoms. The zero-order valence-corrected chi connectivity index (χ0v) is 27.6. The fraction of sp³-hybridized carbons (Fsp3) is 0. The molecule has 0 aliphatic rings. The van der Waals surface area contributed by atoms with Gasteiger partial charge in [0.2, 0.25) is 0 Å². The van der Waals surface area contributed by atoms with Gasteiger partial charge in [-0.2, -0.15) is 0 Å². The topological polar surface area (TPSA) is 13.1 Å². The smallest absolute Gasteiger partial charge is 0.143 e. The van der Waals surface area contributed by atoms with Gasteiger partial charge in [0.1, 0.15) is 11.2 Å². The third-order valence-electron chi connectivity index (χ3n) is 11.0. The SMILES string of the molecule is c1ccc2c(c1)ccc1c2oc2c(-c3ccc4sc5c6ccccc6ccc5c4c3)ccc(-c3ccc4ccc5cccc6ccc3c4c56)c21. The first-order valence-corrected chi connectivity index (χ1v) is 18.0. The average molecular weight is 651 g/mol. The Morgan fingerprint density at radius 3 is 1.82 bits per heavy atom. The van der Waals surface area contributed by atoms with Gasteiger partial charge in [-0.15, -0.1) is 11.3 Å². The molecule has 230 valence electrons. The van der Waals surface area contributed by atoms with Crippen molar-refractivity contribution in [2.75, 3.05) is 0 Å². The molecule has 0 saturated carbocycles. The summed E-state index contributed by atoms with van der Waals surface area (Å²) in [5, 5.41) is 17.6. The molecule has 2 heteroatoms. The Hall–Kier alpha value is -6.22. The number of hydrogen-bond donors (Lipinski definition) is 0. The van der Waals surface area contributed by atoms with Gasteiger partial charge in [-0.25, -0.2) is 0 Å². The minimum Gasteiger partial charge on any atom is -0.455 e. The number of fused-ring (bicyclic) bond motifs is 10. The lowest BCUT2D eigenvalue weighted by atomic mass is 9.87. The summed E-state index contributed by atoms with van der Waals surface area (Å²) in [5.74, 6) is 0. The summed E-state index contributed by atoms with van der Waals surface area (Å²) >= 11 is 1.88. The van der Waals surface area contributed by atoms with E-state index in [2.05, 4.69) is 158 Å². The molecule has 12 aromatic rings. The van der Waals surface area contributed by atoms with E-state index in [0.717, 1.165) is 27.5 Å². The molecule has 0 bridgehead atoms. The highest BCUT2D eigenvalue weighted by molar-refractivity contribution is 7.26. The second kappa shape index (κ2) is 9.69. The van der Waals surface area contributed by atoms with Gasteiger partial charge in [0.15, 0.2) is 0 Å². The fourth-order valence-corrected chi connectivity index (χ4v) is 9.92. The van der Waals surface area contributed by atoms with Crippen LogP contribution in [0.5, 0.6) is 0 Å². The highest BCUT2D eigenvalue weighted by Gasteiger charge is 2.21. The summed E-state index contributed by atoms with van der Waals surface area (Å²) in [4.78, 5) is 0. The van der Waals surface area contributed by atoms with Crippen LogP contribution in [0.3, 0.4) is 0 Å². The lowest BCUT2D eigenvalue weighted by Gasteiger charge is -2.15. The molecule has 1 nitrogen and oxygen atoms in total. The van der Waals surface area contributed by atoms with Crippen molar-refractivity contribution < 1.29 is 4.42 Å². The Bertz CT molecular complexity index is 3360. The van der Waals surface area contributed by atoms with Gasteiger partial charge in [0.05, 0.1) is 0 Å². The van der Waals surface area contributed by atoms with Crippen molar-refractivity contribution in [1.29, 1.82) is 0 Å². The third kappa shape index (κ3) is 3.51. The van der Waals surface area contributed by atoms with Gasteiger partial charge < -0.3 is 4.42 Å². The summed E-state index contributed by atoms with van der Waals surface area (Å²) in [6, 6.07) is 58.2. The van der Waals surface area contributed by atoms with Crippen molar-refractivity contribution in [3.63, 3.8) is 0 Å². The Morgan fingerprint density at radius 2 is 0.960 bits per heavy atom. The van der Waals surface area contributed by atoms with Crippen LogP contribution in [0.1, 0.15) is 0 Å². The van der Waals surface area contributed by atoms with Crippen molar-refractivity contribution in [3.8, 4) is 22.3 Å². The quantitative estimate of drug-likeness (QED) is 0.170. The molecule has 0 saturated heterocycles. The largest absolute Gasteiger partial charge is 0.455 e. The molecular weight excluding hydrogens is 625 g/mol. The van der Waals surface area contributed by atoms with Crippen LogP contribution in [0.2, 0.25) is 0 Å². The molecule has 2 aromatic heterocycles. The zero-order chi connectivity index (χ0) is 32.5. The van der Waals surface area contributed by atoms with Crippen LogP contribution in [0.25, 0.3) is 118 Å². The molecule has 0 unspecified atom stereocenters. The molecule has 0 radical (unpaired) electrons. The highest BCUT2D eigenvalue weighted by atomic mass is 32.1. The summed E-state index contributed by atoms with van der Waals surface area (Å²) < 4.78 is 9.73. The maximum atomic E-state index is 7.08. The zero-order valence-electron chi connectivity index (χ0n) is 26.8. The maximum absolute atomic E-state index is 7.08. The maximum Gasteiger partial charge on any atom is 0.143 e. The Labute approximate surface area is 290 Å². The van der Waals surface area contributed by atoms with E-state index in [9.17, 15) is 0 Å². The summed E-state index contributed by atoms with van der Waals surface area (Å²) in [5.41, 5.74) is 6.59. The van der Waals surface area contributed by atoms with Crippen molar-refractivity contribution >= 4 is 107 Å². The van der Waals surface area contributed by atoms with Gasteiger partial charge >= 0.3 is 0 Å². The fourth-order valence-electron chi connectivity index (χ4n) is 8.70. The van der Waals surface area contributed by atoms with Crippen molar-refractivity contribution in [2.45, 2.75) is 0 Å². The molecule has 0 fully saturated rings. The van der Waals surface area contributed by atoms with Crippen molar-refractivity contribution in [1.82, 2.24) is 0 Å². The monoisotopic (exact) mass is 650 g/mol. The second-order valence-corrected chi connectivity index (χ2v) is 14.6. The van der Waals surface area contributed by atoms with E-state index in [1.54, 1.807) is 0 Å². The molecule has 0 aliphatic carbocycles. The molecule has 0 atom stereocenters. The number of rotatable bonds is 2. The standard InChI is InChI=1S/C48H26OS/c1-3-10-33-27(6-1)15-22-40-45-38(36-19-16-31-13-12-29-8-5-9-30-17-20-37(36)44(31)43(29)30)24-23-34(47(45)49-46(33)40)32-18-25-42-41(26-32)39-21-14-28-7-2-4-11-35(28)48(39)50-42/h1-26H. The number of hydrogen-bond acceptors (Lipinski definition) is 2. The summed E-state index contributed by atoms with van der Waals surface area (Å²) in [6.45, 7) is 0. The first kappa shape index (κ1) is 26.7. The van der Waals surface area contributed by atoms with Gasteiger partial charge in [0, 0.05) is 41.9 Å². The van der Waals surface area contributed by atoms with Gasteiger partial charge in [-0.3, -0.25) is 0 Å². The molecule has 0 aliphatic heterocycles. The number of thiophene rings is 1. The van der Waals surface area contributed by atoms with Gasteiger partial charge in [0.25, 0.3) is 0 Å². The predicted molar refractivity (Wildman–Crippen MR) is 216 cm³/mol. The van der Waals surface area contributed by atoms with Crippen LogP contribution < -0.4 is 0 Å². The lowest BCUT2D eigenvalue weighted by molar-refractivity contribution is 0.674. The Balaban J connectivity index is 1.18. The van der Waals surface area contributed by atoms with Gasteiger partial charge in [-0.1, -0.05) is 133 Å². The summed E-state index contributed by atoms with van der Waals surface area (Å²) in [7, 11) is 0. The number of furan rings is 1. The molecular formula is C48H26OS. The van der Waals surface area contributed by atoms with Crippen LogP contribution in [0.15, 0.2) is 162 Å². The van der Waals surface area contributed by atoms with Crippen LogP contribution in [0, 0.1) is 0 Å². The van der Waals surface area contributed by atoms with E-state index in [1.165, 1.54) is 90.7 Å². The van der Waals surface area contributed by atoms with E-state index in [1.807, 2.05) is 11.3 Å². The summed E-state index contributed by atoms with van der Waals surface area (Å²) in [6.07, 6.45) is 0. The van der Waals surface area contributed by atoms with Crippen molar-refractivity contribution in [2.24, 2.45) is 0 Å².